The smallest absolute Gasteiger partial charge is 0.0964 e. The van der Waals surface area contributed by atoms with Gasteiger partial charge in [0.05, 0.1) is 10.7 Å². The lowest BCUT2D eigenvalue weighted by molar-refractivity contribution is 0.255. The van der Waals surface area contributed by atoms with Crippen LogP contribution < -0.4 is 0 Å². The minimum atomic E-state index is 0. The van der Waals surface area contributed by atoms with E-state index in [1.54, 1.807) is 11.3 Å². The number of hydrogen-bond donors (Lipinski definition) is 0. The predicted molar refractivity (Wildman–Crippen MR) is 89.3 cm³/mol. The van der Waals surface area contributed by atoms with E-state index in [4.69, 9.17) is 16.6 Å². The van der Waals surface area contributed by atoms with Gasteiger partial charge in [-0.2, -0.15) is 0 Å². The molecule has 1 aromatic carbocycles. The average Bonchev–Trinajstić information content (AvgIpc) is 2.90. The summed E-state index contributed by atoms with van der Waals surface area (Å²) < 4.78 is 0. The number of rotatable bonds is 2. The van der Waals surface area contributed by atoms with E-state index < -0.39 is 0 Å². The van der Waals surface area contributed by atoms with Gasteiger partial charge in [-0.05, 0) is 45.1 Å². The van der Waals surface area contributed by atoms with Gasteiger partial charge in [0.15, 0.2) is 0 Å². The van der Waals surface area contributed by atoms with Gasteiger partial charge in [0, 0.05) is 21.9 Å². The van der Waals surface area contributed by atoms with Crippen LogP contribution in [0, 0.1) is 0 Å². The van der Waals surface area contributed by atoms with Crippen molar-refractivity contribution in [3.05, 3.63) is 39.7 Å². The molecule has 2 nitrogen and oxygen atoms in total. The molecule has 0 saturated carbocycles. The summed E-state index contributed by atoms with van der Waals surface area (Å²) in [5, 5.41) is 4.23. The molecule has 0 amide bonds. The van der Waals surface area contributed by atoms with Crippen molar-refractivity contribution in [2.75, 3.05) is 20.1 Å². The van der Waals surface area contributed by atoms with Gasteiger partial charge in [-0.1, -0.05) is 23.7 Å². The SMILES string of the molecule is CN1CCC(c2nc(-c3ccc(Cl)cc3)cs2)CC1.Cl. The fourth-order valence-corrected chi connectivity index (χ4v) is 3.61. The second kappa shape index (κ2) is 6.90. The second-order valence-electron chi connectivity index (χ2n) is 5.16. The average molecular weight is 329 g/mol. The van der Waals surface area contributed by atoms with Crippen molar-refractivity contribution in [2.45, 2.75) is 18.8 Å². The molecule has 0 N–H and O–H groups in total. The molecule has 108 valence electrons. The van der Waals surface area contributed by atoms with Gasteiger partial charge in [0.1, 0.15) is 0 Å². The molecule has 0 bridgehead atoms. The number of halogens is 2. The van der Waals surface area contributed by atoms with Crippen LogP contribution in [0.15, 0.2) is 29.6 Å². The number of thiazole rings is 1. The number of piperidine rings is 1. The van der Waals surface area contributed by atoms with Gasteiger partial charge in [0.25, 0.3) is 0 Å². The zero-order chi connectivity index (χ0) is 13.2. The Kier molecular flexibility index (Phi) is 5.44. The summed E-state index contributed by atoms with van der Waals surface area (Å²) in [6.45, 7) is 2.36. The predicted octanol–water partition coefficient (Wildman–Crippen LogP) is 4.69. The van der Waals surface area contributed by atoms with Crippen LogP contribution in [0.25, 0.3) is 11.3 Å². The standard InChI is InChI=1S/C15H17ClN2S.ClH/c1-18-8-6-12(7-9-18)15-17-14(10-19-15)11-2-4-13(16)5-3-11;/h2-5,10,12H,6-9H2,1H3;1H. The lowest BCUT2D eigenvalue weighted by atomic mass is 9.98. The Morgan fingerprint density at radius 1 is 1.20 bits per heavy atom. The maximum absolute atomic E-state index is 5.92. The Morgan fingerprint density at radius 2 is 1.85 bits per heavy atom. The summed E-state index contributed by atoms with van der Waals surface area (Å²) in [4.78, 5) is 7.21. The Hall–Kier alpha value is -0.610. The maximum atomic E-state index is 5.92. The Morgan fingerprint density at radius 3 is 2.50 bits per heavy atom. The first-order valence-corrected chi connectivity index (χ1v) is 7.88. The van der Waals surface area contributed by atoms with Crippen LogP contribution in [0.2, 0.25) is 5.02 Å². The molecule has 0 unspecified atom stereocenters. The molecule has 0 atom stereocenters. The van der Waals surface area contributed by atoms with E-state index in [9.17, 15) is 0 Å². The molecule has 0 radical (unpaired) electrons. The summed E-state index contributed by atoms with van der Waals surface area (Å²) >= 11 is 7.71. The lowest BCUT2D eigenvalue weighted by Gasteiger charge is -2.27. The third-order valence-electron chi connectivity index (χ3n) is 3.73. The highest BCUT2D eigenvalue weighted by atomic mass is 35.5. The Labute approximate surface area is 135 Å². The molecule has 2 aromatic rings. The molecule has 1 aromatic heterocycles. The van der Waals surface area contributed by atoms with E-state index in [0.29, 0.717) is 5.92 Å². The quantitative estimate of drug-likeness (QED) is 0.794. The van der Waals surface area contributed by atoms with E-state index in [1.165, 1.54) is 30.9 Å². The molecule has 0 spiro atoms. The molecule has 20 heavy (non-hydrogen) atoms. The largest absolute Gasteiger partial charge is 0.306 e. The first-order valence-electron chi connectivity index (χ1n) is 6.62. The van der Waals surface area contributed by atoms with E-state index in [2.05, 4.69) is 17.3 Å². The van der Waals surface area contributed by atoms with Gasteiger partial charge >= 0.3 is 0 Å². The maximum Gasteiger partial charge on any atom is 0.0964 e. The van der Waals surface area contributed by atoms with Gasteiger partial charge < -0.3 is 4.90 Å². The molecule has 2 heterocycles. The lowest BCUT2D eigenvalue weighted by Crippen LogP contribution is -2.29. The monoisotopic (exact) mass is 328 g/mol. The highest BCUT2D eigenvalue weighted by molar-refractivity contribution is 7.10. The van der Waals surface area contributed by atoms with E-state index in [-0.39, 0.29) is 12.4 Å². The number of nitrogens with zero attached hydrogens (tertiary/aromatic N) is 2. The molecule has 1 fully saturated rings. The highest BCUT2D eigenvalue weighted by Crippen LogP contribution is 2.32. The van der Waals surface area contributed by atoms with Crippen molar-refractivity contribution in [1.29, 1.82) is 0 Å². The normalized spacial score (nSPS) is 16.9. The van der Waals surface area contributed by atoms with E-state index in [1.807, 2.05) is 24.3 Å². The third-order valence-corrected chi connectivity index (χ3v) is 4.99. The highest BCUT2D eigenvalue weighted by Gasteiger charge is 2.21. The fraction of sp³-hybridized carbons (Fsp3) is 0.400. The molecular weight excluding hydrogens is 311 g/mol. The van der Waals surface area contributed by atoms with Crippen LogP contribution in [0.1, 0.15) is 23.8 Å². The molecule has 5 heteroatoms. The van der Waals surface area contributed by atoms with Crippen LogP contribution >= 0.6 is 35.3 Å². The molecule has 3 rings (SSSR count). The minimum Gasteiger partial charge on any atom is -0.306 e. The van der Waals surface area contributed by atoms with Crippen molar-refractivity contribution in [1.82, 2.24) is 9.88 Å². The van der Waals surface area contributed by atoms with Crippen LogP contribution in [0.5, 0.6) is 0 Å². The van der Waals surface area contributed by atoms with Crippen molar-refractivity contribution < 1.29 is 0 Å². The van der Waals surface area contributed by atoms with Crippen LogP contribution in [-0.2, 0) is 0 Å². The number of hydrogen-bond acceptors (Lipinski definition) is 3. The summed E-state index contributed by atoms with van der Waals surface area (Å²) in [5.41, 5.74) is 2.23. The van der Waals surface area contributed by atoms with Crippen LogP contribution in [-0.4, -0.2) is 30.0 Å². The van der Waals surface area contributed by atoms with Crippen LogP contribution in [0.4, 0.5) is 0 Å². The number of likely N-dealkylation sites (tertiary alicyclic amines) is 1. The first-order chi connectivity index (χ1) is 9.22. The Balaban J connectivity index is 0.00000147. The number of aromatic nitrogens is 1. The summed E-state index contributed by atoms with van der Waals surface area (Å²) in [7, 11) is 2.19. The van der Waals surface area contributed by atoms with Gasteiger partial charge in [-0.15, -0.1) is 23.7 Å². The third kappa shape index (κ3) is 3.53. The molecule has 1 aliphatic heterocycles. The van der Waals surface area contributed by atoms with Gasteiger partial charge in [0.2, 0.25) is 0 Å². The molecular formula is C15H18Cl2N2S. The number of benzene rings is 1. The zero-order valence-electron chi connectivity index (χ0n) is 11.4. The van der Waals surface area contributed by atoms with Gasteiger partial charge in [-0.25, -0.2) is 4.98 Å². The topological polar surface area (TPSA) is 16.1 Å². The van der Waals surface area contributed by atoms with Crippen molar-refractivity contribution in [3.8, 4) is 11.3 Å². The van der Waals surface area contributed by atoms with E-state index >= 15 is 0 Å². The zero-order valence-corrected chi connectivity index (χ0v) is 13.8. The molecule has 1 saturated heterocycles. The second-order valence-corrected chi connectivity index (χ2v) is 6.48. The Bertz CT molecular complexity index is 545. The molecule has 0 aliphatic carbocycles. The fourth-order valence-electron chi connectivity index (χ4n) is 2.48. The summed E-state index contributed by atoms with van der Waals surface area (Å²) in [5.74, 6) is 0.641. The van der Waals surface area contributed by atoms with E-state index in [0.717, 1.165) is 16.3 Å². The first kappa shape index (κ1) is 15.8. The summed E-state index contributed by atoms with van der Waals surface area (Å²) in [6, 6.07) is 7.92. The molecule has 1 aliphatic rings. The van der Waals surface area contributed by atoms with Crippen molar-refractivity contribution in [3.63, 3.8) is 0 Å². The van der Waals surface area contributed by atoms with Crippen LogP contribution in [0.3, 0.4) is 0 Å². The minimum absolute atomic E-state index is 0. The van der Waals surface area contributed by atoms with Gasteiger partial charge in [-0.3, -0.25) is 0 Å². The van der Waals surface area contributed by atoms with Crippen molar-refractivity contribution in [2.24, 2.45) is 0 Å². The van der Waals surface area contributed by atoms with Crippen molar-refractivity contribution >= 4 is 35.3 Å². The summed E-state index contributed by atoms with van der Waals surface area (Å²) in [6.07, 6.45) is 2.45.